The fourth-order valence-corrected chi connectivity index (χ4v) is 3.17. The number of methoxy groups -OCH3 is 1. The molecular weight excluding hydrogens is 376 g/mol. The van der Waals surface area contributed by atoms with E-state index in [1.54, 1.807) is 20.8 Å². The van der Waals surface area contributed by atoms with Gasteiger partial charge in [-0.2, -0.15) is 0 Å². The van der Waals surface area contributed by atoms with Gasteiger partial charge in [0.2, 0.25) is 0 Å². The summed E-state index contributed by atoms with van der Waals surface area (Å²) < 4.78 is 15.8. The van der Waals surface area contributed by atoms with Crippen LogP contribution in [-0.4, -0.2) is 66.9 Å². The number of rotatable bonds is 7. The van der Waals surface area contributed by atoms with Gasteiger partial charge in [-0.25, -0.2) is 4.79 Å². The van der Waals surface area contributed by atoms with Crippen LogP contribution in [0.15, 0.2) is 0 Å². The Morgan fingerprint density at radius 3 is 1.93 bits per heavy atom. The van der Waals surface area contributed by atoms with Gasteiger partial charge in [0, 0.05) is 13.1 Å². The van der Waals surface area contributed by atoms with Crippen molar-refractivity contribution in [1.82, 2.24) is 10.2 Å². The molecule has 0 aliphatic carbocycles. The van der Waals surface area contributed by atoms with E-state index in [9.17, 15) is 14.4 Å². The maximum Gasteiger partial charge on any atom is 0.410 e. The van der Waals surface area contributed by atoms with Crippen molar-refractivity contribution in [2.75, 3.05) is 26.7 Å². The molecule has 0 aromatic heterocycles. The highest BCUT2D eigenvalue weighted by Gasteiger charge is 2.52. The molecule has 1 aliphatic heterocycles. The molecule has 0 saturated carbocycles. The van der Waals surface area contributed by atoms with Crippen molar-refractivity contribution in [2.24, 2.45) is 11.3 Å². The number of nitrogens with zero attached hydrogens (tertiary/aromatic N) is 1. The summed E-state index contributed by atoms with van der Waals surface area (Å²) in [5.74, 6) is -0.653. The summed E-state index contributed by atoms with van der Waals surface area (Å²) in [7, 11) is 1.34. The molecule has 29 heavy (non-hydrogen) atoms. The lowest BCUT2D eigenvalue weighted by atomic mass is 9.77. The maximum atomic E-state index is 12.5. The lowest BCUT2D eigenvalue weighted by molar-refractivity contribution is -0.164. The van der Waals surface area contributed by atoms with E-state index < -0.39 is 28.8 Å². The average molecular weight is 415 g/mol. The number of carbonyl (C=O) groups excluding carboxylic acids is 3. The summed E-state index contributed by atoms with van der Waals surface area (Å²) in [6, 6.07) is -0.481. The van der Waals surface area contributed by atoms with Crippen LogP contribution in [0.4, 0.5) is 4.79 Å². The quantitative estimate of drug-likeness (QED) is 0.506. The minimum absolute atomic E-state index is 0.0265. The highest BCUT2D eigenvalue weighted by Crippen LogP contribution is 2.36. The van der Waals surface area contributed by atoms with Crippen LogP contribution in [0.1, 0.15) is 61.8 Å². The van der Waals surface area contributed by atoms with Crippen molar-refractivity contribution in [1.29, 1.82) is 0 Å². The third-order valence-corrected chi connectivity index (χ3v) is 4.55. The molecule has 1 amide bonds. The minimum Gasteiger partial charge on any atom is -0.468 e. The molecule has 168 valence electrons. The molecule has 1 fully saturated rings. The van der Waals surface area contributed by atoms with Crippen LogP contribution >= 0.6 is 0 Å². The van der Waals surface area contributed by atoms with Crippen molar-refractivity contribution in [3.63, 3.8) is 0 Å². The van der Waals surface area contributed by atoms with E-state index in [-0.39, 0.29) is 30.9 Å². The number of ether oxygens (including phenoxy) is 3. The van der Waals surface area contributed by atoms with Crippen molar-refractivity contribution < 1.29 is 28.6 Å². The van der Waals surface area contributed by atoms with E-state index in [0.29, 0.717) is 13.0 Å². The zero-order chi connectivity index (χ0) is 22.6. The smallest absolute Gasteiger partial charge is 0.410 e. The lowest BCUT2D eigenvalue weighted by Gasteiger charge is -2.47. The topological polar surface area (TPSA) is 94.2 Å². The molecule has 1 aliphatic rings. The molecule has 0 radical (unpaired) electrons. The second-order valence-corrected chi connectivity index (χ2v) is 10.1. The number of amides is 1. The molecule has 1 heterocycles. The van der Waals surface area contributed by atoms with Crippen LogP contribution in [0.5, 0.6) is 0 Å². The van der Waals surface area contributed by atoms with Gasteiger partial charge in [-0.3, -0.25) is 9.59 Å². The Labute approximate surface area is 174 Å². The zero-order valence-corrected chi connectivity index (χ0v) is 19.4. The predicted molar refractivity (Wildman–Crippen MR) is 109 cm³/mol. The van der Waals surface area contributed by atoms with Crippen molar-refractivity contribution >= 4 is 18.0 Å². The summed E-state index contributed by atoms with van der Waals surface area (Å²) in [5.41, 5.74) is -1.96. The van der Waals surface area contributed by atoms with Crippen LogP contribution in [0.25, 0.3) is 0 Å². The molecule has 0 bridgehead atoms. The monoisotopic (exact) mass is 414 g/mol. The molecule has 0 aromatic rings. The fourth-order valence-electron chi connectivity index (χ4n) is 3.17. The van der Waals surface area contributed by atoms with Crippen molar-refractivity contribution in [3.8, 4) is 0 Å². The van der Waals surface area contributed by atoms with Crippen molar-refractivity contribution in [2.45, 2.75) is 79.1 Å². The maximum absolute atomic E-state index is 12.5. The summed E-state index contributed by atoms with van der Waals surface area (Å²) in [5, 5.41) is 3.21. The standard InChI is InChI=1S/C21H38N2O6/c1-14(2)15(16(24)28-19(3,4)5)22-11-10-21(17(25)27-9)12-23(13-21)18(26)29-20(6,7)8/h14-15,22H,10-13H2,1-9H3. The van der Waals surface area contributed by atoms with Gasteiger partial charge >= 0.3 is 18.0 Å². The summed E-state index contributed by atoms with van der Waals surface area (Å²) >= 11 is 0. The highest BCUT2D eigenvalue weighted by atomic mass is 16.6. The van der Waals surface area contributed by atoms with Crippen LogP contribution < -0.4 is 5.32 Å². The average Bonchev–Trinajstić information content (AvgIpc) is 2.48. The van der Waals surface area contributed by atoms with Gasteiger partial charge < -0.3 is 24.4 Å². The first-order valence-corrected chi connectivity index (χ1v) is 10.1. The largest absolute Gasteiger partial charge is 0.468 e. The number of likely N-dealkylation sites (tertiary alicyclic amines) is 1. The van der Waals surface area contributed by atoms with Crippen LogP contribution in [0.2, 0.25) is 0 Å². The van der Waals surface area contributed by atoms with E-state index in [4.69, 9.17) is 14.2 Å². The van der Waals surface area contributed by atoms with Gasteiger partial charge in [0.05, 0.1) is 7.11 Å². The molecule has 1 rings (SSSR count). The second kappa shape index (κ2) is 9.32. The van der Waals surface area contributed by atoms with E-state index >= 15 is 0 Å². The zero-order valence-electron chi connectivity index (χ0n) is 19.4. The number of carbonyl (C=O) groups is 3. The third-order valence-electron chi connectivity index (χ3n) is 4.55. The summed E-state index contributed by atoms with van der Waals surface area (Å²) in [6.45, 7) is 15.6. The molecule has 0 spiro atoms. The number of nitrogens with one attached hydrogen (secondary N) is 1. The molecule has 8 nitrogen and oxygen atoms in total. The molecule has 8 heteroatoms. The van der Waals surface area contributed by atoms with E-state index in [1.807, 2.05) is 34.6 Å². The van der Waals surface area contributed by atoms with Gasteiger partial charge in [-0.15, -0.1) is 0 Å². The van der Waals surface area contributed by atoms with Crippen LogP contribution in [-0.2, 0) is 23.8 Å². The van der Waals surface area contributed by atoms with Gasteiger partial charge in [0.1, 0.15) is 22.7 Å². The number of esters is 2. The van der Waals surface area contributed by atoms with Crippen LogP contribution in [0, 0.1) is 11.3 Å². The molecule has 1 unspecified atom stereocenters. The third kappa shape index (κ3) is 7.49. The van der Waals surface area contributed by atoms with E-state index in [2.05, 4.69) is 5.32 Å². The first-order valence-electron chi connectivity index (χ1n) is 10.1. The second-order valence-electron chi connectivity index (χ2n) is 10.1. The SMILES string of the molecule is COC(=O)C1(CCNC(C(=O)OC(C)(C)C)C(C)C)CN(C(=O)OC(C)(C)C)C1. The Kier molecular flexibility index (Phi) is 8.10. The lowest BCUT2D eigenvalue weighted by Crippen LogP contribution is -2.64. The predicted octanol–water partition coefficient (Wildman–Crippen LogP) is 2.74. The molecule has 1 atom stereocenters. The Bertz CT molecular complexity index is 597. The summed E-state index contributed by atoms with van der Waals surface area (Å²) in [4.78, 5) is 38.5. The van der Waals surface area contributed by atoms with Gasteiger partial charge in [-0.05, 0) is 60.4 Å². The van der Waals surface area contributed by atoms with Gasteiger partial charge in [0.15, 0.2) is 0 Å². The normalized spacial score (nSPS) is 17.4. The number of hydrogen-bond donors (Lipinski definition) is 1. The Hall–Kier alpha value is -1.83. The summed E-state index contributed by atoms with van der Waals surface area (Å²) in [6.07, 6.45) is -0.0101. The minimum atomic E-state index is -0.798. The van der Waals surface area contributed by atoms with Crippen LogP contribution in [0.3, 0.4) is 0 Å². The molecule has 1 N–H and O–H groups in total. The van der Waals surface area contributed by atoms with Gasteiger partial charge in [-0.1, -0.05) is 13.8 Å². The first-order chi connectivity index (χ1) is 13.1. The highest BCUT2D eigenvalue weighted by molar-refractivity contribution is 5.82. The molecule has 1 saturated heterocycles. The fraction of sp³-hybridized carbons (Fsp3) is 0.857. The Morgan fingerprint density at radius 1 is 1.00 bits per heavy atom. The van der Waals surface area contributed by atoms with E-state index in [1.165, 1.54) is 12.0 Å². The van der Waals surface area contributed by atoms with Gasteiger partial charge in [0.25, 0.3) is 0 Å². The molecular formula is C21H38N2O6. The van der Waals surface area contributed by atoms with E-state index in [0.717, 1.165) is 0 Å². The van der Waals surface area contributed by atoms with Crippen molar-refractivity contribution in [3.05, 3.63) is 0 Å². The molecule has 0 aromatic carbocycles. The Morgan fingerprint density at radius 2 is 1.52 bits per heavy atom. The number of hydrogen-bond acceptors (Lipinski definition) is 7. The first kappa shape index (κ1) is 25.2. The Balaban J connectivity index is 2.70.